The van der Waals surface area contributed by atoms with Crippen molar-refractivity contribution in [3.05, 3.63) is 23.7 Å². The van der Waals surface area contributed by atoms with Gasteiger partial charge in [0, 0.05) is 0 Å². The van der Waals surface area contributed by atoms with Crippen LogP contribution in [0.5, 0.6) is 0 Å². The second-order valence-corrected chi connectivity index (χ2v) is 3.05. The van der Waals surface area contributed by atoms with Crippen LogP contribution < -0.4 is 5.73 Å². The highest BCUT2D eigenvalue weighted by molar-refractivity contribution is 5.81. The van der Waals surface area contributed by atoms with E-state index in [1.54, 1.807) is 6.07 Å². The third-order valence-electron chi connectivity index (χ3n) is 2.32. The van der Waals surface area contributed by atoms with Crippen LogP contribution in [0.4, 0.5) is 0 Å². The monoisotopic (exact) mass is 167 g/mol. The summed E-state index contributed by atoms with van der Waals surface area (Å²) in [5, 5.41) is 8.85. The molecular weight excluding hydrogens is 158 g/mol. The van der Waals surface area contributed by atoms with Crippen LogP contribution in [0.25, 0.3) is 0 Å². The Morgan fingerprint density at radius 3 is 3.17 bits per heavy atom. The van der Waals surface area contributed by atoms with E-state index in [1.807, 2.05) is 0 Å². The van der Waals surface area contributed by atoms with Crippen LogP contribution in [-0.4, -0.2) is 11.1 Å². The predicted molar refractivity (Wildman–Crippen MR) is 40.5 cm³/mol. The van der Waals surface area contributed by atoms with Gasteiger partial charge in [-0.05, 0) is 24.5 Å². The molecule has 12 heavy (non-hydrogen) atoms. The molecule has 1 aliphatic carbocycles. The highest BCUT2D eigenvalue weighted by atomic mass is 16.4. The lowest BCUT2D eigenvalue weighted by Gasteiger charge is -2.15. The van der Waals surface area contributed by atoms with Gasteiger partial charge in [0.15, 0.2) is 5.54 Å². The fraction of sp³-hybridized carbons (Fsp3) is 0.375. The number of hydrogen-bond acceptors (Lipinski definition) is 3. The van der Waals surface area contributed by atoms with E-state index in [0.29, 0.717) is 18.6 Å². The van der Waals surface area contributed by atoms with Gasteiger partial charge in [0.05, 0.1) is 6.26 Å². The topological polar surface area (TPSA) is 76.5 Å². The number of carboxylic acid groups (broad SMARTS) is 1. The summed E-state index contributed by atoms with van der Waals surface area (Å²) in [4.78, 5) is 10.8. The molecule has 2 rings (SSSR count). The van der Waals surface area contributed by atoms with Gasteiger partial charge in [-0.3, -0.25) is 0 Å². The Bertz CT molecular complexity index is 331. The zero-order chi connectivity index (χ0) is 8.77. The molecule has 1 heterocycles. The Morgan fingerprint density at radius 1 is 1.75 bits per heavy atom. The smallest absolute Gasteiger partial charge is 0.331 e. The summed E-state index contributed by atoms with van der Waals surface area (Å²) in [6, 6.07) is 1.77. The Kier molecular flexibility index (Phi) is 1.29. The van der Waals surface area contributed by atoms with Crippen LogP contribution in [0.1, 0.15) is 17.7 Å². The zero-order valence-corrected chi connectivity index (χ0v) is 6.41. The lowest BCUT2D eigenvalue weighted by molar-refractivity contribution is -0.144. The first kappa shape index (κ1) is 7.36. The van der Waals surface area contributed by atoms with Crippen molar-refractivity contribution < 1.29 is 14.3 Å². The summed E-state index contributed by atoms with van der Waals surface area (Å²) >= 11 is 0. The van der Waals surface area contributed by atoms with Gasteiger partial charge in [-0.25, -0.2) is 4.79 Å². The highest BCUT2D eigenvalue weighted by Gasteiger charge is 2.45. The van der Waals surface area contributed by atoms with Crippen molar-refractivity contribution in [2.75, 3.05) is 0 Å². The largest absolute Gasteiger partial charge is 0.480 e. The highest BCUT2D eigenvalue weighted by Crippen LogP contribution is 2.35. The van der Waals surface area contributed by atoms with Gasteiger partial charge in [-0.15, -0.1) is 0 Å². The van der Waals surface area contributed by atoms with Crippen molar-refractivity contribution in [2.45, 2.75) is 18.4 Å². The minimum absolute atomic E-state index is 0.412. The summed E-state index contributed by atoms with van der Waals surface area (Å²) in [6.07, 6.45) is 2.60. The first-order chi connectivity index (χ1) is 5.64. The molecule has 1 unspecified atom stereocenters. The van der Waals surface area contributed by atoms with Crippen molar-refractivity contribution >= 4 is 5.97 Å². The SMILES string of the molecule is NC1(C(=O)O)CCc2ccoc21. The van der Waals surface area contributed by atoms with Crippen LogP contribution in [0.3, 0.4) is 0 Å². The van der Waals surface area contributed by atoms with E-state index in [0.717, 1.165) is 5.56 Å². The standard InChI is InChI=1S/C8H9NO3/c9-8(7(10)11)3-1-5-2-4-12-6(5)8/h2,4H,1,3,9H2,(H,10,11). The quantitative estimate of drug-likeness (QED) is 0.637. The minimum atomic E-state index is -1.29. The van der Waals surface area contributed by atoms with Crippen LogP contribution in [0.15, 0.2) is 16.7 Å². The average molecular weight is 167 g/mol. The molecule has 1 atom stereocenters. The molecule has 0 bridgehead atoms. The molecule has 0 saturated heterocycles. The van der Waals surface area contributed by atoms with Crippen molar-refractivity contribution in [1.29, 1.82) is 0 Å². The molecule has 4 heteroatoms. The van der Waals surface area contributed by atoms with E-state index in [4.69, 9.17) is 15.3 Å². The molecule has 0 fully saturated rings. The fourth-order valence-electron chi connectivity index (χ4n) is 1.57. The lowest BCUT2D eigenvalue weighted by atomic mass is 10.00. The van der Waals surface area contributed by atoms with Crippen molar-refractivity contribution in [1.82, 2.24) is 0 Å². The Labute approximate surface area is 69.0 Å². The Balaban J connectivity index is 2.51. The minimum Gasteiger partial charge on any atom is -0.480 e. The van der Waals surface area contributed by atoms with E-state index in [1.165, 1.54) is 6.26 Å². The Morgan fingerprint density at radius 2 is 2.50 bits per heavy atom. The first-order valence-electron chi connectivity index (χ1n) is 3.74. The number of aliphatic carboxylic acids is 1. The molecule has 0 radical (unpaired) electrons. The molecular formula is C8H9NO3. The zero-order valence-electron chi connectivity index (χ0n) is 6.41. The molecule has 4 nitrogen and oxygen atoms in total. The predicted octanol–water partition coefficient (Wildman–Crippen LogP) is 0.464. The summed E-state index contributed by atoms with van der Waals surface area (Å²) in [5.74, 6) is -0.605. The van der Waals surface area contributed by atoms with Crippen LogP contribution in [0, 0.1) is 0 Å². The number of nitrogens with two attached hydrogens (primary N) is 1. The summed E-state index contributed by atoms with van der Waals surface area (Å²) in [6.45, 7) is 0. The third-order valence-corrected chi connectivity index (χ3v) is 2.32. The molecule has 1 aromatic rings. The maximum atomic E-state index is 10.8. The molecule has 64 valence electrons. The molecule has 0 saturated carbocycles. The van der Waals surface area contributed by atoms with Gasteiger partial charge < -0.3 is 15.3 Å². The van der Waals surface area contributed by atoms with E-state index in [-0.39, 0.29) is 0 Å². The van der Waals surface area contributed by atoms with Gasteiger partial charge in [-0.2, -0.15) is 0 Å². The van der Waals surface area contributed by atoms with Crippen LogP contribution in [0.2, 0.25) is 0 Å². The van der Waals surface area contributed by atoms with Gasteiger partial charge in [0.25, 0.3) is 0 Å². The van der Waals surface area contributed by atoms with E-state index < -0.39 is 11.5 Å². The molecule has 3 N–H and O–H groups in total. The number of rotatable bonds is 1. The molecule has 0 aliphatic heterocycles. The van der Waals surface area contributed by atoms with Crippen molar-refractivity contribution in [3.63, 3.8) is 0 Å². The number of aryl methyl sites for hydroxylation is 1. The van der Waals surface area contributed by atoms with Crippen molar-refractivity contribution in [3.8, 4) is 0 Å². The average Bonchev–Trinajstić information content (AvgIpc) is 2.54. The maximum Gasteiger partial charge on any atom is 0.331 e. The van der Waals surface area contributed by atoms with Crippen LogP contribution in [-0.2, 0) is 16.8 Å². The normalized spacial score (nSPS) is 27.1. The maximum absolute atomic E-state index is 10.8. The van der Waals surface area contributed by atoms with Gasteiger partial charge in [0.2, 0.25) is 0 Å². The molecule has 0 aromatic carbocycles. The molecule has 0 amide bonds. The molecule has 1 aromatic heterocycles. The van der Waals surface area contributed by atoms with Crippen LogP contribution >= 0.6 is 0 Å². The molecule has 0 spiro atoms. The van der Waals surface area contributed by atoms with Crippen molar-refractivity contribution in [2.24, 2.45) is 5.73 Å². The summed E-state index contributed by atoms with van der Waals surface area (Å²) in [7, 11) is 0. The van der Waals surface area contributed by atoms with Gasteiger partial charge in [-0.1, -0.05) is 0 Å². The second-order valence-electron chi connectivity index (χ2n) is 3.05. The Hall–Kier alpha value is -1.29. The summed E-state index contributed by atoms with van der Waals surface area (Å²) in [5.41, 5.74) is 5.29. The van der Waals surface area contributed by atoms with E-state index >= 15 is 0 Å². The van der Waals surface area contributed by atoms with E-state index in [2.05, 4.69) is 0 Å². The number of hydrogen-bond donors (Lipinski definition) is 2. The fourth-order valence-corrected chi connectivity index (χ4v) is 1.57. The number of carboxylic acids is 1. The summed E-state index contributed by atoms with van der Waals surface area (Å²) < 4.78 is 5.05. The lowest BCUT2D eigenvalue weighted by Crippen LogP contribution is -2.42. The van der Waals surface area contributed by atoms with Gasteiger partial charge >= 0.3 is 5.97 Å². The number of furan rings is 1. The van der Waals surface area contributed by atoms with Gasteiger partial charge in [0.1, 0.15) is 5.76 Å². The second kappa shape index (κ2) is 2.10. The number of fused-ring (bicyclic) bond motifs is 1. The molecule has 1 aliphatic rings. The number of carbonyl (C=O) groups is 1. The first-order valence-corrected chi connectivity index (χ1v) is 3.74. The van der Waals surface area contributed by atoms with E-state index in [9.17, 15) is 4.79 Å². The third kappa shape index (κ3) is 0.726.